The molecule has 2 bridgehead atoms. The predicted molar refractivity (Wildman–Crippen MR) is 216 cm³/mol. The van der Waals surface area contributed by atoms with Crippen molar-refractivity contribution >= 4 is 35.1 Å². The number of esters is 1. The predicted octanol–water partition coefficient (Wildman–Crippen LogP) is 5.36. The second-order valence-electron chi connectivity index (χ2n) is 14.9. The molecule has 0 radical (unpaired) electrons. The molecular formula is C44H60N4O8. The van der Waals surface area contributed by atoms with E-state index in [1.54, 1.807) is 22.0 Å². The summed E-state index contributed by atoms with van der Waals surface area (Å²) in [4.78, 5) is 62.9. The average Bonchev–Trinajstić information content (AvgIpc) is 3.86. The zero-order chi connectivity index (χ0) is 40.2. The van der Waals surface area contributed by atoms with E-state index in [9.17, 15) is 19.5 Å². The first-order valence-electron chi connectivity index (χ1n) is 20.2. The minimum atomic E-state index is -1.23. The number of ether oxygens (including phenoxy) is 3. The number of aliphatic hydroxyl groups is 1. The molecule has 0 aliphatic carbocycles. The molecule has 12 nitrogen and oxygen atoms in total. The van der Waals surface area contributed by atoms with Crippen LogP contribution in [0.2, 0.25) is 0 Å². The molecule has 3 amide bonds. The van der Waals surface area contributed by atoms with Crippen LogP contribution in [0.15, 0.2) is 79.9 Å². The average molecular weight is 773 g/mol. The number of nitrogens with zero attached hydrogens (tertiary/aromatic N) is 3. The maximum Gasteiger partial charge on any atom is 0.313 e. The molecule has 12 heteroatoms. The molecule has 3 heterocycles. The topological polar surface area (TPSA) is 138 Å². The Labute approximate surface area is 331 Å². The number of anilines is 2. The number of fused-ring (bicyclic) bond motifs is 1. The lowest BCUT2D eigenvalue weighted by Crippen LogP contribution is -2.56. The summed E-state index contributed by atoms with van der Waals surface area (Å²) in [5.74, 6) is -3.33. The molecule has 0 unspecified atom stereocenters. The van der Waals surface area contributed by atoms with Crippen LogP contribution in [0, 0.1) is 11.8 Å². The Morgan fingerprint density at radius 1 is 1.02 bits per heavy atom. The lowest BCUT2D eigenvalue weighted by Gasteiger charge is -2.37. The summed E-state index contributed by atoms with van der Waals surface area (Å²) in [6.07, 6.45) is 6.22. The van der Waals surface area contributed by atoms with Crippen molar-refractivity contribution < 1.29 is 38.5 Å². The number of hydrogen-bond donors (Lipinski definition) is 2. The van der Waals surface area contributed by atoms with Crippen LogP contribution in [0.25, 0.3) is 0 Å². The van der Waals surface area contributed by atoms with Crippen molar-refractivity contribution in [1.82, 2.24) is 10.2 Å². The molecule has 1 spiro atoms. The van der Waals surface area contributed by atoms with E-state index in [1.165, 1.54) is 7.11 Å². The lowest BCUT2D eigenvalue weighted by atomic mass is 9.70. The highest BCUT2D eigenvalue weighted by atomic mass is 16.6. The molecule has 5 rings (SSSR count). The van der Waals surface area contributed by atoms with Gasteiger partial charge in [-0.3, -0.25) is 19.2 Å². The number of methoxy groups -OCH3 is 1. The van der Waals surface area contributed by atoms with Crippen molar-refractivity contribution in [2.24, 2.45) is 11.8 Å². The molecule has 0 saturated carbocycles. The molecule has 3 saturated heterocycles. The summed E-state index contributed by atoms with van der Waals surface area (Å²) >= 11 is 0. The molecule has 7 atom stereocenters. The van der Waals surface area contributed by atoms with Crippen LogP contribution in [0.3, 0.4) is 0 Å². The first-order chi connectivity index (χ1) is 27.2. The van der Waals surface area contributed by atoms with E-state index in [-0.39, 0.29) is 43.9 Å². The zero-order valence-corrected chi connectivity index (χ0v) is 33.3. The van der Waals surface area contributed by atoms with Gasteiger partial charge in [0.1, 0.15) is 17.7 Å². The number of carbonyl (C=O) groups excluding carboxylic acids is 4. The van der Waals surface area contributed by atoms with Crippen LogP contribution in [0.4, 0.5) is 11.4 Å². The van der Waals surface area contributed by atoms with Crippen molar-refractivity contribution in [3.05, 3.63) is 85.5 Å². The number of unbranched alkanes of at least 4 members (excludes halogenated alkanes) is 3. The summed E-state index contributed by atoms with van der Waals surface area (Å²) in [6, 6.07) is 15.3. The number of amides is 3. The van der Waals surface area contributed by atoms with Gasteiger partial charge in [-0.05, 0) is 75.8 Å². The van der Waals surface area contributed by atoms with Gasteiger partial charge in [0.2, 0.25) is 11.8 Å². The molecular weight excluding hydrogens is 713 g/mol. The monoisotopic (exact) mass is 772 g/mol. The second-order valence-corrected chi connectivity index (χ2v) is 14.9. The quantitative estimate of drug-likeness (QED) is 0.0869. The van der Waals surface area contributed by atoms with Crippen LogP contribution < -0.4 is 15.1 Å². The number of nitrogens with one attached hydrogen (secondary N) is 1. The first-order valence-corrected chi connectivity index (χ1v) is 20.2. The van der Waals surface area contributed by atoms with E-state index in [4.69, 9.17) is 14.2 Å². The fraction of sp³-hybridized carbons (Fsp3) is 0.545. The highest BCUT2D eigenvalue weighted by molar-refractivity contribution is 6.04. The fourth-order valence-corrected chi connectivity index (χ4v) is 8.85. The summed E-state index contributed by atoms with van der Waals surface area (Å²) in [5.41, 5.74) is 1.14. The third-order valence-corrected chi connectivity index (χ3v) is 11.5. The van der Waals surface area contributed by atoms with E-state index in [1.807, 2.05) is 54.6 Å². The Morgan fingerprint density at radius 3 is 2.36 bits per heavy atom. The largest absolute Gasteiger partial charge is 0.455 e. The molecule has 2 aromatic rings. The molecule has 3 fully saturated rings. The van der Waals surface area contributed by atoms with Gasteiger partial charge in [-0.15, -0.1) is 13.2 Å². The van der Waals surface area contributed by atoms with Gasteiger partial charge in [-0.1, -0.05) is 55.3 Å². The Hall–Kier alpha value is -4.52. The van der Waals surface area contributed by atoms with E-state index in [0.717, 1.165) is 31.6 Å². The smallest absolute Gasteiger partial charge is 0.313 e. The van der Waals surface area contributed by atoms with Crippen LogP contribution in [-0.4, -0.2) is 104 Å². The van der Waals surface area contributed by atoms with Gasteiger partial charge >= 0.3 is 5.97 Å². The molecule has 0 aromatic heterocycles. The number of benzene rings is 2. The van der Waals surface area contributed by atoms with Gasteiger partial charge in [0.15, 0.2) is 0 Å². The van der Waals surface area contributed by atoms with E-state index >= 15 is 4.79 Å². The van der Waals surface area contributed by atoms with E-state index in [0.29, 0.717) is 49.9 Å². The zero-order valence-electron chi connectivity index (χ0n) is 33.3. The van der Waals surface area contributed by atoms with Crippen LogP contribution >= 0.6 is 0 Å². The highest BCUT2D eigenvalue weighted by Crippen LogP contribution is 2.59. The molecule has 2 aromatic carbocycles. The Balaban J connectivity index is 1.48. The van der Waals surface area contributed by atoms with Crippen molar-refractivity contribution in [3.8, 4) is 0 Å². The number of rotatable bonds is 23. The summed E-state index contributed by atoms with van der Waals surface area (Å²) < 4.78 is 18.6. The van der Waals surface area contributed by atoms with Gasteiger partial charge in [0.05, 0.1) is 30.6 Å². The molecule has 2 N–H and O–H groups in total. The van der Waals surface area contributed by atoms with E-state index in [2.05, 4.69) is 37.2 Å². The fourth-order valence-electron chi connectivity index (χ4n) is 8.85. The van der Waals surface area contributed by atoms with Gasteiger partial charge in [0, 0.05) is 57.7 Å². The summed E-state index contributed by atoms with van der Waals surface area (Å²) in [6.45, 7) is 14.2. The SMILES string of the molecule is C=CCCC(=O)N[C@H](COC)[C@H](OC(=O)[C@@H]1[C@H]2C(=O)N(CCCCCCO)[C@H](C(=O)N(CC=C)c3ccc(N(CC)CC)cc3)[C@]23CC[C@H]1O3)c1ccccc1. The first kappa shape index (κ1) is 42.6. The molecule has 3 aliphatic rings. The summed E-state index contributed by atoms with van der Waals surface area (Å²) in [7, 11) is 1.52. The number of carbonyl (C=O) groups is 4. The molecule has 3 aliphatic heterocycles. The second kappa shape index (κ2) is 20.1. The number of aliphatic hydroxyl groups excluding tert-OH is 1. The number of likely N-dealkylation sites (tertiary alicyclic amines) is 1. The minimum Gasteiger partial charge on any atom is -0.455 e. The lowest BCUT2D eigenvalue weighted by molar-refractivity contribution is -0.163. The third kappa shape index (κ3) is 9.03. The number of allylic oxidation sites excluding steroid dienone is 1. The van der Waals surface area contributed by atoms with Gasteiger partial charge in [0.25, 0.3) is 5.91 Å². The summed E-state index contributed by atoms with van der Waals surface area (Å²) in [5, 5.41) is 12.3. The minimum absolute atomic E-state index is 0.0687. The Bertz CT molecular complexity index is 1650. The van der Waals surface area contributed by atoms with Crippen molar-refractivity contribution in [1.29, 1.82) is 0 Å². The highest BCUT2D eigenvalue weighted by Gasteiger charge is 2.75. The normalized spacial score (nSPS) is 23.3. The van der Waals surface area contributed by atoms with Crippen LogP contribution in [0.1, 0.15) is 76.9 Å². The third-order valence-electron chi connectivity index (χ3n) is 11.5. The maximum absolute atomic E-state index is 15.0. The van der Waals surface area contributed by atoms with Gasteiger partial charge < -0.3 is 39.3 Å². The number of hydrogen-bond acceptors (Lipinski definition) is 9. The Morgan fingerprint density at radius 2 is 1.71 bits per heavy atom. The maximum atomic E-state index is 15.0. The van der Waals surface area contributed by atoms with Crippen LogP contribution in [0.5, 0.6) is 0 Å². The van der Waals surface area contributed by atoms with Gasteiger partial charge in [-0.25, -0.2) is 0 Å². The molecule has 304 valence electrons. The van der Waals surface area contributed by atoms with E-state index < -0.39 is 47.7 Å². The van der Waals surface area contributed by atoms with Crippen molar-refractivity contribution in [3.63, 3.8) is 0 Å². The Kier molecular flexibility index (Phi) is 15.3. The standard InChI is InChI=1S/C44H60N4O8/c1-6-10-20-36(50)45-34(30-54-5)39(31-18-14-13-15-19-31)55-43(53)37-35-25-26-44(56-35)38(37)41(51)48(28-16-11-12-17-29-49)40(44)42(52)47(27-7-2)33-23-21-32(22-24-33)46(8-3)9-4/h6-7,13-15,18-19,21-24,34-35,37-40,49H,1-2,8-12,16-17,20,25-30H2,3-5H3,(H,45,50)/t34-,35-,37+,38+,39-,40-,44+/m1/s1. The van der Waals surface area contributed by atoms with Crippen LogP contribution in [-0.2, 0) is 33.4 Å². The molecule has 56 heavy (non-hydrogen) atoms. The van der Waals surface area contributed by atoms with Gasteiger partial charge in [-0.2, -0.15) is 0 Å². The van der Waals surface area contributed by atoms with Crippen molar-refractivity contribution in [2.75, 3.05) is 56.3 Å². The van der Waals surface area contributed by atoms with Crippen molar-refractivity contribution in [2.45, 2.75) is 95.1 Å².